The van der Waals surface area contributed by atoms with E-state index in [-0.39, 0.29) is 11.3 Å². The lowest BCUT2D eigenvalue weighted by molar-refractivity contribution is -0.199. The summed E-state index contributed by atoms with van der Waals surface area (Å²) < 4.78 is 69.3. The summed E-state index contributed by atoms with van der Waals surface area (Å²) in [5.74, 6) is -2.12. The van der Waals surface area contributed by atoms with Crippen LogP contribution in [0, 0.1) is 16.7 Å². The molecule has 14 heteroatoms. The molecule has 2 aromatic rings. The maximum absolute atomic E-state index is 13.7. The highest BCUT2D eigenvalue weighted by molar-refractivity contribution is 7.92. The molecule has 3 aliphatic rings. The molecule has 1 aromatic carbocycles. The standard InChI is InChI=1S/C22H21F3N6O4S/c23-22(24,25)21(7-8-21)19(33)30-12-16(11-17(30)18(32)28-20(13-26)5-6-20)36(34,35)15-3-1-14(2-4-15)31-10-9-27-29-31/h1-4,9-10,16-17H,5-8,11-12H2,(H,28,32)/t16-,17+/m1/s1. The zero-order chi connectivity index (χ0) is 25.9. The highest BCUT2D eigenvalue weighted by Gasteiger charge is 2.70. The SMILES string of the molecule is N#CC1(NC(=O)[C@@H]2C[C@@H](S(=O)(=O)c3ccc(-n4ccnn4)cc3)CN2C(=O)C2(C(F)(F)F)CC2)CC1. The first-order chi connectivity index (χ1) is 16.9. The summed E-state index contributed by atoms with van der Waals surface area (Å²) in [5.41, 5.74) is -3.18. The van der Waals surface area contributed by atoms with Crippen molar-refractivity contribution in [2.45, 2.75) is 60.0 Å². The average Bonchev–Trinajstić information content (AvgIpc) is 3.70. The maximum atomic E-state index is 13.7. The van der Waals surface area contributed by atoms with Gasteiger partial charge in [-0.15, -0.1) is 5.10 Å². The molecule has 0 bridgehead atoms. The molecule has 1 aromatic heterocycles. The lowest BCUT2D eigenvalue weighted by Crippen LogP contribution is -2.53. The van der Waals surface area contributed by atoms with Gasteiger partial charge in [0.25, 0.3) is 0 Å². The lowest BCUT2D eigenvalue weighted by Gasteiger charge is -2.29. The van der Waals surface area contributed by atoms with Crippen molar-refractivity contribution < 1.29 is 31.2 Å². The van der Waals surface area contributed by atoms with Crippen LogP contribution in [0.2, 0.25) is 0 Å². The first-order valence-electron chi connectivity index (χ1n) is 11.2. The molecule has 1 aliphatic heterocycles. The number of rotatable bonds is 6. The molecular weight excluding hydrogens is 501 g/mol. The van der Waals surface area contributed by atoms with Crippen molar-refractivity contribution in [3.63, 3.8) is 0 Å². The topological polar surface area (TPSA) is 138 Å². The van der Waals surface area contributed by atoms with Crippen LogP contribution in [0.15, 0.2) is 41.6 Å². The highest BCUT2D eigenvalue weighted by Crippen LogP contribution is 2.59. The fourth-order valence-corrected chi connectivity index (χ4v) is 6.24. The van der Waals surface area contributed by atoms with Crippen molar-refractivity contribution in [3.05, 3.63) is 36.7 Å². The summed E-state index contributed by atoms with van der Waals surface area (Å²) in [6.45, 7) is -0.554. The highest BCUT2D eigenvalue weighted by atomic mass is 32.2. The molecule has 36 heavy (non-hydrogen) atoms. The van der Waals surface area contributed by atoms with Crippen LogP contribution < -0.4 is 5.32 Å². The van der Waals surface area contributed by atoms with Crippen molar-refractivity contribution in [3.8, 4) is 11.8 Å². The first kappa shape index (κ1) is 24.2. The second-order valence-electron chi connectivity index (χ2n) is 9.48. The van der Waals surface area contributed by atoms with E-state index in [0.29, 0.717) is 18.5 Å². The van der Waals surface area contributed by atoms with E-state index in [1.165, 1.54) is 35.1 Å². The number of nitriles is 1. The number of hydrogen-bond donors (Lipinski definition) is 1. The number of nitrogens with zero attached hydrogens (tertiary/aromatic N) is 5. The minimum Gasteiger partial charge on any atom is -0.336 e. The Labute approximate surface area is 204 Å². The molecule has 1 saturated heterocycles. The van der Waals surface area contributed by atoms with Gasteiger partial charge < -0.3 is 10.2 Å². The predicted octanol–water partition coefficient (Wildman–Crippen LogP) is 1.53. The van der Waals surface area contributed by atoms with E-state index < -0.39 is 69.5 Å². The van der Waals surface area contributed by atoms with Crippen molar-refractivity contribution >= 4 is 21.7 Å². The normalized spacial score (nSPS) is 24.1. The van der Waals surface area contributed by atoms with E-state index in [4.69, 9.17) is 0 Å². The van der Waals surface area contributed by atoms with Crippen LogP contribution >= 0.6 is 0 Å². The number of aromatic nitrogens is 3. The molecule has 2 saturated carbocycles. The Morgan fingerprint density at radius 1 is 1.14 bits per heavy atom. The van der Waals surface area contributed by atoms with Crippen LogP contribution in [0.5, 0.6) is 0 Å². The lowest BCUT2D eigenvalue weighted by atomic mass is 10.0. The van der Waals surface area contributed by atoms with E-state index in [0.717, 1.165) is 4.90 Å². The fraction of sp³-hybridized carbons (Fsp3) is 0.500. The Kier molecular flexibility index (Phi) is 5.40. The van der Waals surface area contributed by atoms with Crippen LogP contribution in [0.3, 0.4) is 0 Å². The average molecular weight is 523 g/mol. The molecule has 3 fully saturated rings. The molecule has 0 spiro atoms. The Morgan fingerprint density at radius 3 is 2.31 bits per heavy atom. The number of halogens is 3. The number of alkyl halides is 3. The van der Waals surface area contributed by atoms with Crippen LogP contribution in [-0.4, -0.2) is 69.7 Å². The number of likely N-dealkylation sites (tertiary alicyclic amines) is 1. The molecule has 10 nitrogen and oxygen atoms in total. The number of hydrogen-bond acceptors (Lipinski definition) is 7. The number of carbonyl (C=O) groups is 2. The fourth-order valence-electron chi connectivity index (χ4n) is 4.55. The van der Waals surface area contributed by atoms with E-state index in [1.54, 1.807) is 6.20 Å². The van der Waals surface area contributed by atoms with Crippen LogP contribution in [-0.2, 0) is 19.4 Å². The van der Waals surface area contributed by atoms with Gasteiger partial charge in [0.1, 0.15) is 17.0 Å². The van der Waals surface area contributed by atoms with Crippen molar-refractivity contribution in [1.82, 2.24) is 25.2 Å². The number of carbonyl (C=O) groups excluding carboxylic acids is 2. The van der Waals surface area contributed by atoms with Gasteiger partial charge in [-0.25, -0.2) is 13.1 Å². The van der Waals surface area contributed by atoms with Crippen molar-refractivity contribution in [2.24, 2.45) is 5.41 Å². The second kappa shape index (κ2) is 8.02. The third kappa shape index (κ3) is 3.91. The smallest absolute Gasteiger partial charge is 0.336 e. The molecular formula is C22H21F3N6O4S. The summed E-state index contributed by atoms with van der Waals surface area (Å²) >= 11 is 0. The van der Waals surface area contributed by atoms with E-state index in [1.807, 2.05) is 6.07 Å². The molecule has 2 amide bonds. The summed E-state index contributed by atoms with van der Waals surface area (Å²) in [6.07, 6.45) is -2.25. The van der Waals surface area contributed by atoms with Gasteiger partial charge in [0, 0.05) is 6.54 Å². The molecule has 5 rings (SSSR count). The van der Waals surface area contributed by atoms with Gasteiger partial charge in [0.05, 0.1) is 34.3 Å². The zero-order valence-corrected chi connectivity index (χ0v) is 19.6. The second-order valence-corrected chi connectivity index (χ2v) is 11.7. The van der Waals surface area contributed by atoms with Gasteiger partial charge in [-0.05, 0) is 56.4 Å². The molecule has 1 N–H and O–H groups in total. The number of sulfone groups is 1. The summed E-state index contributed by atoms with van der Waals surface area (Å²) in [5, 5.41) is 18.0. The quantitative estimate of drug-likeness (QED) is 0.607. The third-order valence-corrected chi connectivity index (χ3v) is 9.29. The van der Waals surface area contributed by atoms with Gasteiger partial charge >= 0.3 is 6.18 Å². The van der Waals surface area contributed by atoms with Crippen LogP contribution in [0.25, 0.3) is 5.69 Å². The summed E-state index contributed by atoms with van der Waals surface area (Å²) in [6, 6.07) is 6.18. The van der Waals surface area contributed by atoms with Crippen molar-refractivity contribution in [1.29, 1.82) is 5.26 Å². The number of benzene rings is 1. The maximum Gasteiger partial charge on any atom is 0.403 e. The van der Waals surface area contributed by atoms with Crippen molar-refractivity contribution in [2.75, 3.05) is 6.54 Å². The van der Waals surface area contributed by atoms with Gasteiger partial charge in [-0.2, -0.15) is 18.4 Å². The molecule has 190 valence electrons. The Bertz CT molecular complexity index is 1340. The van der Waals surface area contributed by atoms with Crippen LogP contribution in [0.1, 0.15) is 32.1 Å². The van der Waals surface area contributed by atoms with E-state index >= 15 is 0 Å². The van der Waals surface area contributed by atoms with Gasteiger partial charge in [-0.1, -0.05) is 5.21 Å². The molecule has 0 radical (unpaired) electrons. The third-order valence-electron chi connectivity index (χ3n) is 7.15. The largest absolute Gasteiger partial charge is 0.403 e. The minimum atomic E-state index is -4.82. The summed E-state index contributed by atoms with van der Waals surface area (Å²) in [4.78, 5) is 26.7. The van der Waals surface area contributed by atoms with Gasteiger partial charge in [-0.3, -0.25) is 9.59 Å². The summed E-state index contributed by atoms with van der Waals surface area (Å²) in [7, 11) is -4.12. The van der Waals surface area contributed by atoms with Crippen LogP contribution in [0.4, 0.5) is 13.2 Å². The van der Waals surface area contributed by atoms with E-state index in [2.05, 4.69) is 15.6 Å². The molecule has 2 atom stereocenters. The Balaban J connectivity index is 1.43. The number of amides is 2. The van der Waals surface area contributed by atoms with Gasteiger partial charge in [0.15, 0.2) is 9.84 Å². The Hall–Kier alpha value is -3.47. The number of nitrogens with one attached hydrogen (secondary N) is 1. The first-order valence-corrected chi connectivity index (χ1v) is 12.8. The molecule has 2 aliphatic carbocycles. The van der Waals surface area contributed by atoms with E-state index in [9.17, 15) is 36.4 Å². The Morgan fingerprint density at radius 2 is 1.81 bits per heavy atom. The zero-order valence-electron chi connectivity index (χ0n) is 18.8. The predicted molar refractivity (Wildman–Crippen MR) is 116 cm³/mol. The van der Waals surface area contributed by atoms with Gasteiger partial charge in [0.2, 0.25) is 11.8 Å². The minimum absolute atomic E-state index is 0.0996. The molecule has 2 heterocycles. The monoisotopic (exact) mass is 522 g/mol. The molecule has 0 unspecified atom stereocenters.